The maximum absolute atomic E-state index is 12.4. The zero-order valence-electron chi connectivity index (χ0n) is 14.5. The molecule has 0 aliphatic carbocycles. The number of carbonyl (C=O) groups excluding carboxylic acids is 1. The number of H-pyrrole nitrogens is 1. The van der Waals surface area contributed by atoms with E-state index in [9.17, 15) is 4.79 Å². The van der Waals surface area contributed by atoms with Gasteiger partial charge in [-0.05, 0) is 77.2 Å². The molecule has 26 heavy (non-hydrogen) atoms. The number of likely N-dealkylation sites (tertiary alicyclic amines) is 1. The van der Waals surface area contributed by atoms with Crippen LogP contribution in [0.25, 0.3) is 10.9 Å². The maximum atomic E-state index is 12.4. The van der Waals surface area contributed by atoms with Gasteiger partial charge in [0.1, 0.15) is 5.75 Å². The third kappa shape index (κ3) is 3.72. The molecule has 0 atom stereocenters. The number of nitrogens with one attached hydrogen (secondary N) is 1. The number of fused-ring (bicyclic) bond motifs is 1. The summed E-state index contributed by atoms with van der Waals surface area (Å²) in [5.74, 6) is 1.32. The maximum Gasteiger partial charge on any atom is 0.260 e. The predicted molar refractivity (Wildman–Crippen MR) is 112 cm³/mol. The third-order valence-electron chi connectivity index (χ3n) is 5.08. The quantitative estimate of drug-likeness (QED) is 0.581. The van der Waals surface area contributed by atoms with E-state index in [1.54, 1.807) is 0 Å². The predicted octanol–water partition coefficient (Wildman–Crippen LogP) is 4.56. The van der Waals surface area contributed by atoms with E-state index >= 15 is 0 Å². The first-order chi connectivity index (χ1) is 12.7. The molecule has 0 saturated carbocycles. The third-order valence-corrected chi connectivity index (χ3v) is 5.80. The van der Waals surface area contributed by atoms with Crippen LogP contribution in [0.3, 0.4) is 0 Å². The van der Waals surface area contributed by atoms with Crippen molar-refractivity contribution in [3.8, 4) is 5.75 Å². The van der Waals surface area contributed by atoms with Gasteiger partial charge in [-0.3, -0.25) is 4.79 Å². The molecule has 4 nitrogen and oxygen atoms in total. The molecule has 0 radical (unpaired) electrons. The van der Waals surface area contributed by atoms with Crippen molar-refractivity contribution >= 4 is 39.4 Å². The van der Waals surface area contributed by atoms with Gasteiger partial charge in [-0.2, -0.15) is 0 Å². The van der Waals surface area contributed by atoms with Crippen LogP contribution in [0.2, 0.25) is 0 Å². The number of ether oxygens (including phenoxy) is 1. The fourth-order valence-corrected chi connectivity index (χ4v) is 4.00. The molecule has 1 saturated heterocycles. The summed E-state index contributed by atoms with van der Waals surface area (Å²) >= 11 is 2.25. The van der Waals surface area contributed by atoms with Gasteiger partial charge in [-0.15, -0.1) is 0 Å². The van der Waals surface area contributed by atoms with Crippen molar-refractivity contribution < 1.29 is 9.53 Å². The lowest BCUT2D eigenvalue weighted by molar-refractivity contribution is -0.134. The van der Waals surface area contributed by atoms with Crippen LogP contribution in [0, 0.1) is 3.57 Å². The minimum Gasteiger partial charge on any atom is -0.484 e. The number of piperidine rings is 1. The van der Waals surface area contributed by atoms with Crippen LogP contribution in [-0.4, -0.2) is 35.5 Å². The summed E-state index contributed by atoms with van der Waals surface area (Å²) in [7, 11) is 0. The first-order valence-electron chi connectivity index (χ1n) is 8.93. The molecule has 0 bridgehead atoms. The lowest BCUT2D eigenvalue weighted by Crippen LogP contribution is -2.40. The van der Waals surface area contributed by atoms with E-state index < -0.39 is 0 Å². The average molecular weight is 460 g/mol. The minimum atomic E-state index is 0.0703. The summed E-state index contributed by atoms with van der Waals surface area (Å²) in [6, 6.07) is 16.2. The standard InChI is InChI=1S/C21H21IN2O2/c22-16-5-7-17(8-6-16)26-14-21(25)24-11-9-15(10-12-24)19-13-23-20-4-2-1-3-18(19)20/h1-8,13,15,23H,9-12,14H2. The number of aromatic amines is 1. The molecule has 4 rings (SSSR count). The van der Waals surface area contributed by atoms with E-state index in [0.717, 1.165) is 35.3 Å². The highest BCUT2D eigenvalue weighted by Gasteiger charge is 2.25. The van der Waals surface area contributed by atoms with Gasteiger partial charge in [0.2, 0.25) is 0 Å². The van der Waals surface area contributed by atoms with Crippen LogP contribution in [-0.2, 0) is 4.79 Å². The molecular weight excluding hydrogens is 439 g/mol. The minimum absolute atomic E-state index is 0.0703. The summed E-state index contributed by atoms with van der Waals surface area (Å²) in [4.78, 5) is 17.7. The number of rotatable bonds is 4. The lowest BCUT2D eigenvalue weighted by Gasteiger charge is -2.32. The molecule has 1 N–H and O–H groups in total. The molecule has 0 unspecified atom stereocenters. The van der Waals surface area contributed by atoms with Crippen molar-refractivity contribution in [1.82, 2.24) is 9.88 Å². The Morgan fingerprint density at radius 3 is 2.62 bits per heavy atom. The number of nitrogens with zero attached hydrogens (tertiary/aromatic N) is 1. The second-order valence-electron chi connectivity index (χ2n) is 6.69. The Morgan fingerprint density at radius 2 is 1.85 bits per heavy atom. The highest BCUT2D eigenvalue weighted by atomic mass is 127. The van der Waals surface area contributed by atoms with Gasteiger partial charge in [0.15, 0.2) is 6.61 Å². The van der Waals surface area contributed by atoms with Gasteiger partial charge in [0.25, 0.3) is 5.91 Å². The summed E-state index contributed by atoms with van der Waals surface area (Å²) in [5, 5.41) is 1.30. The van der Waals surface area contributed by atoms with E-state index in [2.05, 4.69) is 58.0 Å². The second-order valence-corrected chi connectivity index (χ2v) is 7.93. The topological polar surface area (TPSA) is 45.3 Å². The molecule has 2 heterocycles. The summed E-state index contributed by atoms with van der Waals surface area (Å²) in [5.41, 5.74) is 2.56. The van der Waals surface area contributed by atoms with Crippen LogP contribution in [0.15, 0.2) is 54.7 Å². The van der Waals surface area contributed by atoms with Gasteiger partial charge in [0.05, 0.1) is 0 Å². The largest absolute Gasteiger partial charge is 0.484 e. The van der Waals surface area contributed by atoms with Crippen molar-refractivity contribution in [2.45, 2.75) is 18.8 Å². The fourth-order valence-electron chi connectivity index (χ4n) is 3.64. The Bertz CT molecular complexity index is 896. The van der Waals surface area contributed by atoms with Gasteiger partial charge in [0, 0.05) is 33.8 Å². The van der Waals surface area contributed by atoms with Crippen LogP contribution in [0.4, 0.5) is 0 Å². The van der Waals surface area contributed by atoms with Crippen LogP contribution >= 0.6 is 22.6 Å². The van der Waals surface area contributed by atoms with Crippen molar-refractivity contribution in [2.24, 2.45) is 0 Å². The van der Waals surface area contributed by atoms with Gasteiger partial charge in [-0.25, -0.2) is 0 Å². The summed E-state index contributed by atoms with van der Waals surface area (Å²) in [6.45, 7) is 1.69. The van der Waals surface area contributed by atoms with Crippen molar-refractivity contribution in [3.63, 3.8) is 0 Å². The number of hydrogen-bond donors (Lipinski definition) is 1. The zero-order valence-corrected chi connectivity index (χ0v) is 16.6. The monoisotopic (exact) mass is 460 g/mol. The Kier molecular flexibility index (Phi) is 5.15. The molecule has 1 aromatic heterocycles. The zero-order chi connectivity index (χ0) is 17.9. The van der Waals surface area contributed by atoms with E-state index in [-0.39, 0.29) is 12.5 Å². The molecule has 1 fully saturated rings. The van der Waals surface area contributed by atoms with E-state index in [1.165, 1.54) is 16.5 Å². The van der Waals surface area contributed by atoms with Crippen molar-refractivity contribution in [2.75, 3.05) is 19.7 Å². The SMILES string of the molecule is O=C(COc1ccc(I)cc1)N1CCC(c2c[nH]c3ccccc23)CC1. The van der Waals surface area contributed by atoms with E-state index in [0.29, 0.717) is 5.92 Å². The van der Waals surface area contributed by atoms with Crippen LogP contribution in [0.1, 0.15) is 24.3 Å². The Labute approximate surface area is 166 Å². The van der Waals surface area contributed by atoms with Crippen molar-refractivity contribution in [3.05, 3.63) is 63.9 Å². The molecule has 5 heteroatoms. The first kappa shape index (κ1) is 17.4. The van der Waals surface area contributed by atoms with Crippen LogP contribution < -0.4 is 4.74 Å². The Balaban J connectivity index is 1.33. The van der Waals surface area contributed by atoms with Crippen molar-refractivity contribution in [1.29, 1.82) is 0 Å². The smallest absolute Gasteiger partial charge is 0.260 e. The number of aromatic nitrogens is 1. The number of para-hydroxylation sites is 1. The van der Waals surface area contributed by atoms with Gasteiger partial charge in [-0.1, -0.05) is 18.2 Å². The molecule has 1 amide bonds. The average Bonchev–Trinajstić information content (AvgIpc) is 3.11. The normalized spacial score (nSPS) is 15.3. The van der Waals surface area contributed by atoms with Gasteiger partial charge < -0.3 is 14.6 Å². The number of hydrogen-bond acceptors (Lipinski definition) is 2. The molecule has 0 spiro atoms. The molecule has 1 aliphatic rings. The summed E-state index contributed by atoms with van der Waals surface area (Å²) in [6.07, 6.45) is 4.13. The van der Waals surface area contributed by atoms with Gasteiger partial charge >= 0.3 is 0 Å². The number of carbonyl (C=O) groups is 1. The second kappa shape index (κ2) is 7.70. The highest BCUT2D eigenvalue weighted by molar-refractivity contribution is 14.1. The molecule has 3 aromatic rings. The Morgan fingerprint density at radius 1 is 1.12 bits per heavy atom. The fraction of sp³-hybridized carbons (Fsp3) is 0.286. The number of halogens is 1. The summed E-state index contributed by atoms with van der Waals surface area (Å²) < 4.78 is 6.79. The molecule has 1 aliphatic heterocycles. The highest BCUT2D eigenvalue weighted by Crippen LogP contribution is 2.33. The molecule has 2 aromatic carbocycles. The molecular formula is C21H21IN2O2. The van der Waals surface area contributed by atoms with E-state index in [4.69, 9.17) is 4.74 Å². The van der Waals surface area contributed by atoms with E-state index in [1.807, 2.05) is 29.2 Å². The number of amides is 1. The molecule has 134 valence electrons. The Hall–Kier alpha value is -2.02. The van der Waals surface area contributed by atoms with Crippen LogP contribution in [0.5, 0.6) is 5.75 Å². The first-order valence-corrected chi connectivity index (χ1v) is 10.0. The lowest BCUT2D eigenvalue weighted by atomic mass is 9.89. The number of benzene rings is 2.